The van der Waals surface area contributed by atoms with E-state index in [2.05, 4.69) is 24.2 Å². The maximum atomic E-state index is 8.00. The van der Waals surface area contributed by atoms with Crippen LogP contribution in [0.3, 0.4) is 0 Å². The number of hydrogen-bond acceptors (Lipinski definition) is 3. The summed E-state index contributed by atoms with van der Waals surface area (Å²) in [4.78, 5) is 10.6. The van der Waals surface area contributed by atoms with E-state index in [4.69, 9.17) is 4.79 Å². The Morgan fingerprint density at radius 3 is 2.38 bits per heavy atom. The molecule has 0 amide bonds. The van der Waals surface area contributed by atoms with E-state index in [1.807, 2.05) is 6.79 Å². The number of carbonyl (C=O) groups excluding carboxylic acids is 1. The van der Waals surface area contributed by atoms with Crippen LogP contribution < -0.4 is 5.32 Å². The lowest BCUT2D eigenvalue weighted by Crippen LogP contribution is -2.41. The molecule has 0 unspecified atom stereocenters. The van der Waals surface area contributed by atoms with Crippen LogP contribution in [0.15, 0.2) is 0 Å². The maximum absolute atomic E-state index is 8.00. The van der Waals surface area contributed by atoms with E-state index < -0.39 is 0 Å². The first kappa shape index (κ1) is 12.6. The second-order valence-electron chi connectivity index (χ2n) is 3.40. The van der Waals surface area contributed by atoms with Gasteiger partial charge in [0.1, 0.15) is 6.79 Å². The van der Waals surface area contributed by atoms with Crippen LogP contribution >= 0.6 is 0 Å². The molecule has 0 aliphatic carbocycles. The van der Waals surface area contributed by atoms with Crippen molar-refractivity contribution in [3.05, 3.63) is 0 Å². The summed E-state index contributed by atoms with van der Waals surface area (Å²) in [5.41, 5.74) is 0. The SMILES string of the molecule is C=O.CCCN1CCC(NC)CC1.[HH]. The average molecular weight is 188 g/mol. The normalized spacial score (nSPS) is 19.2. The number of nitrogens with zero attached hydrogens (tertiary/aromatic N) is 1. The third kappa shape index (κ3) is 5.01. The molecule has 13 heavy (non-hydrogen) atoms. The fourth-order valence-corrected chi connectivity index (χ4v) is 1.76. The molecule has 1 rings (SSSR count). The molecule has 1 saturated heterocycles. The minimum Gasteiger partial charge on any atom is -0.317 e. The Morgan fingerprint density at radius 1 is 1.46 bits per heavy atom. The molecule has 3 nitrogen and oxygen atoms in total. The summed E-state index contributed by atoms with van der Waals surface area (Å²) in [7, 11) is 2.07. The number of piperidine rings is 1. The molecular formula is C10H24N2O. The van der Waals surface area contributed by atoms with Gasteiger partial charge in [-0.25, -0.2) is 0 Å². The van der Waals surface area contributed by atoms with Crippen molar-refractivity contribution < 1.29 is 6.22 Å². The molecule has 0 aromatic heterocycles. The van der Waals surface area contributed by atoms with Crippen molar-refractivity contribution in [1.29, 1.82) is 0 Å². The van der Waals surface area contributed by atoms with Gasteiger partial charge >= 0.3 is 0 Å². The van der Waals surface area contributed by atoms with Crippen molar-refractivity contribution in [2.45, 2.75) is 32.2 Å². The molecule has 0 saturated carbocycles. The fraction of sp³-hybridized carbons (Fsp3) is 0.900. The van der Waals surface area contributed by atoms with Gasteiger partial charge in [-0.15, -0.1) is 0 Å². The fourth-order valence-electron chi connectivity index (χ4n) is 1.76. The largest absolute Gasteiger partial charge is 0.317 e. The summed E-state index contributed by atoms with van der Waals surface area (Å²) in [6, 6.07) is 0.781. The van der Waals surface area contributed by atoms with Crippen molar-refractivity contribution in [1.82, 2.24) is 10.2 Å². The van der Waals surface area contributed by atoms with Crippen LogP contribution in [-0.2, 0) is 4.79 Å². The lowest BCUT2D eigenvalue weighted by Gasteiger charge is -2.31. The predicted molar refractivity (Wildman–Crippen MR) is 58.0 cm³/mol. The Balaban J connectivity index is 0. The monoisotopic (exact) mass is 188 g/mol. The Labute approximate surface area is 83.0 Å². The van der Waals surface area contributed by atoms with E-state index in [0.29, 0.717) is 0 Å². The first-order valence-electron chi connectivity index (χ1n) is 5.05. The average Bonchev–Trinajstić information content (AvgIpc) is 2.23. The molecule has 0 atom stereocenters. The first-order valence-corrected chi connectivity index (χ1v) is 5.05. The Hall–Kier alpha value is -0.410. The molecule has 0 aromatic carbocycles. The highest BCUT2D eigenvalue weighted by molar-refractivity contribution is 5.10. The predicted octanol–water partition coefficient (Wildman–Crippen LogP) is 1.14. The third-order valence-corrected chi connectivity index (χ3v) is 2.54. The Morgan fingerprint density at radius 2 is 2.00 bits per heavy atom. The van der Waals surface area contributed by atoms with Gasteiger partial charge in [-0.1, -0.05) is 6.92 Å². The molecule has 1 fully saturated rings. The number of nitrogens with one attached hydrogen (secondary N) is 1. The Bertz CT molecular complexity index is 117. The van der Waals surface area contributed by atoms with Gasteiger partial charge in [0.2, 0.25) is 0 Å². The summed E-state index contributed by atoms with van der Waals surface area (Å²) in [5.74, 6) is 0. The summed E-state index contributed by atoms with van der Waals surface area (Å²) in [6.45, 7) is 8.12. The number of rotatable bonds is 3. The molecule has 1 N–H and O–H groups in total. The van der Waals surface area contributed by atoms with Crippen molar-refractivity contribution in [2.75, 3.05) is 26.7 Å². The molecule has 1 heterocycles. The van der Waals surface area contributed by atoms with Crippen molar-refractivity contribution in [3.63, 3.8) is 0 Å². The highest BCUT2D eigenvalue weighted by atomic mass is 16.1. The van der Waals surface area contributed by atoms with Crippen LogP contribution in [0.5, 0.6) is 0 Å². The standard InChI is InChI=1S/C9H20N2.CH2O.H2/c1-3-6-11-7-4-9(10-2)5-8-11;1-2;/h9-10H,3-8H2,1-2H3;1H2;1H. The van der Waals surface area contributed by atoms with Gasteiger partial charge in [0.05, 0.1) is 0 Å². The quantitative estimate of drug-likeness (QED) is 0.721. The van der Waals surface area contributed by atoms with Gasteiger partial charge < -0.3 is 15.0 Å². The van der Waals surface area contributed by atoms with Gasteiger partial charge in [-0.3, -0.25) is 0 Å². The van der Waals surface area contributed by atoms with Gasteiger partial charge in [0.15, 0.2) is 0 Å². The van der Waals surface area contributed by atoms with Crippen LogP contribution in [0.1, 0.15) is 27.6 Å². The van der Waals surface area contributed by atoms with E-state index in [1.54, 1.807) is 0 Å². The van der Waals surface area contributed by atoms with Gasteiger partial charge in [0.25, 0.3) is 0 Å². The smallest absolute Gasteiger partial charge is 0.106 e. The second kappa shape index (κ2) is 8.20. The highest BCUT2D eigenvalue weighted by Crippen LogP contribution is 2.09. The minimum absolute atomic E-state index is 0. The van der Waals surface area contributed by atoms with E-state index in [0.717, 1.165) is 6.04 Å². The highest BCUT2D eigenvalue weighted by Gasteiger charge is 2.15. The zero-order valence-corrected chi connectivity index (χ0v) is 8.88. The summed E-state index contributed by atoms with van der Waals surface area (Å²) >= 11 is 0. The van der Waals surface area contributed by atoms with Crippen LogP contribution in [0.2, 0.25) is 0 Å². The molecule has 3 heteroatoms. The third-order valence-electron chi connectivity index (χ3n) is 2.54. The Kier molecular flexibility index (Phi) is 7.94. The zero-order chi connectivity index (χ0) is 10.1. The van der Waals surface area contributed by atoms with E-state index in [1.165, 1.54) is 38.9 Å². The lowest BCUT2D eigenvalue weighted by atomic mass is 10.1. The number of hydrogen-bond donors (Lipinski definition) is 1. The van der Waals surface area contributed by atoms with Crippen LogP contribution in [-0.4, -0.2) is 44.4 Å². The number of likely N-dealkylation sites (tertiary alicyclic amines) is 1. The van der Waals surface area contributed by atoms with Crippen LogP contribution in [0.25, 0.3) is 0 Å². The van der Waals surface area contributed by atoms with Crippen molar-refractivity contribution in [3.8, 4) is 0 Å². The maximum Gasteiger partial charge on any atom is 0.106 e. The summed E-state index contributed by atoms with van der Waals surface area (Å²) < 4.78 is 0. The van der Waals surface area contributed by atoms with Gasteiger partial charge in [0, 0.05) is 7.47 Å². The van der Waals surface area contributed by atoms with Crippen molar-refractivity contribution >= 4 is 6.79 Å². The lowest BCUT2D eigenvalue weighted by molar-refractivity contribution is -0.0979. The topological polar surface area (TPSA) is 32.3 Å². The van der Waals surface area contributed by atoms with Crippen molar-refractivity contribution in [2.24, 2.45) is 0 Å². The van der Waals surface area contributed by atoms with Gasteiger partial charge in [-0.05, 0) is 45.9 Å². The molecular weight excluding hydrogens is 164 g/mol. The van der Waals surface area contributed by atoms with E-state index in [-0.39, 0.29) is 1.43 Å². The zero-order valence-electron chi connectivity index (χ0n) is 8.88. The molecule has 1 aliphatic heterocycles. The first-order chi connectivity index (χ1) is 6.36. The molecule has 80 valence electrons. The minimum atomic E-state index is 0. The molecule has 0 radical (unpaired) electrons. The summed E-state index contributed by atoms with van der Waals surface area (Å²) in [6.07, 6.45) is 3.96. The molecule has 0 aromatic rings. The van der Waals surface area contributed by atoms with E-state index in [9.17, 15) is 0 Å². The molecule has 1 aliphatic rings. The van der Waals surface area contributed by atoms with Gasteiger partial charge in [-0.2, -0.15) is 0 Å². The molecule has 0 bridgehead atoms. The van der Waals surface area contributed by atoms with E-state index >= 15 is 0 Å². The molecule has 0 spiro atoms. The van der Waals surface area contributed by atoms with Crippen LogP contribution in [0.4, 0.5) is 0 Å². The number of carbonyl (C=O) groups is 1. The second-order valence-corrected chi connectivity index (χ2v) is 3.40. The van der Waals surface area contributed by atoms with Crippen LogP contribution in [0, 0.1) is 0 Å². The summed E-state index contributed by atoms with van der Waals surface area (Å²) in [5, 5.41) is 3.34.